The zero-order valence-electron chi connectivity index (χ0n) is 8.52. The number of rotatable bonds is 2. The Balaban J connectivity index is 3.61. The Kier molecular flexibility index (Phi) is 2.07. The molecule has 1 N–H and O–H groups in total. The molecule has 0 aliphatic carbocycles. The number of carbonyl (C=O) groups is 1. The average molecular weight is 146 g/mol. The van der Waals surface area contributed by atoms with E-state index in [0.29, 0.717) is 0 Å². The monoisotopic (exact) mass is 146 g/mol. The number of hydrogen-bond acceptors (Lipinski definition) is 2. The Morgan fingerprint density at radius 3 is 2.80 bits per heavy atom. The minimum atomic E-state index is -0.598. The van der Waals surface area contributed by atoms with Gasteiger partial charge in [0, 0.05) is 9.29 Å². The maximum atomic E-state index is 10.8. The molecule has 0 spiro atoms. The lowest BCUT2D eigenvalue weighted by molar-refractivity contribution is 0.0534. The van der Waals surface area contributed by atoms with Gasteiger partial charge in [0.05, 0.1) is 0 Å². The number of amides is 1. The molecule has 0 saturated carbocycles. The maximum Gasteiger partial charge on any atom is 0.407 e. The van der Waals surface area contributed by atoms with Crippen molar-refractivity contribution < 1.29 is 12.3 Å². The lowest BCUT2D eigenvalue weighted by atomic mass is 10.2. The van der Waals surface area contributed by atoms with E-state index in [1.54, 1.807) is 20.8 Å². The van der Waals surface area contributed by atoms with E-state index in [4.69, 9.17) is 7.48 Å². The molecule has 0 heterocycles. The van der Waals surface area contributed by atoms with E-state index < -0.39 is 11.7 Å². The lowest BCUT2D eigenvalue weighted by Gasteiger charge is -2.19. The molecule has 1 radical (unpaired) electrons. The third kappa shape index (κ3) is 5.41. The summed E-state index contributed by atoms with van der Waals surface area (Å²) < 4.78 is 18.3. The number of nitrogens with one attached hydrogen (secondary N) is 1. The molecular weight excluding hydrogens is 130 g/mol. The Morgan fingerprint density at radius 1 is 1.80 bits per heavy atom. The van der Waals surface area contributed by atoms with Crippen LogP contribution in [0.15, 0.2) is 0 Å². The molecule has 1 amide bonds. The van der Waals surface area contributed by atoms with Crippen molar-refractivity contribution in [1.29, 1.82) is 0 Å². The van der Waals surface area contributed by atoms with Gasteiger partial charge >= 0.3 is 6.09 Å². The van der Waals surface area contributed by atoms with Gasteiger partial charge in [-0.3, -0.25) is 0 Å². The average Bonchev–Trinajstić information content (AvgIpc) is 1.79. The van der Waals surface area contributed by atoms with E-state index in [0.717, 1.165) is 0 Å². The molecule has 10 heavy (non-hydrogen) atoms. The van der Waals surface area contributed by atoms with Gasteiger partial charge in [-0.15, -0.1) is 0 Å². The predicted octanol–water partition coefficient (Wildman–Crippen LogP) is 1.35. The van der Waals surface area contributed by atoms with E-state index in [2.05, 4.69) is 5.32 Å². The van der Waals surface area contributed by atoms with E-state index in [9.17, 15) is 4.79 Å². The number of carbonyl (C=O) groups excluding carboxylic acids is 1. The highest BCUT2D eigenvalue weighted by atomic mass is 16.6. The Hall–Kier alpha value is -0.730. The molecule has 0 aliphatic rings. The van der Waals surface area contributed by atoms with Crippen molar-refractivity contribution in [2.45, 2.75) is 26.4 Å². The third-order valence-corrected chi connectivity index (χ3v) is 0.632. The highest BCUT2D eigenvalue weighted by Gasteiger charge is 2.14. The van der Waals surface area contributed by atoms with Gasteiger partial charge in [0.2, 0.25) is 0 Å². The van der Waals surface area contributed by atoms with Crippen molar-refractivity contribution in [1.82, 2.24) is 5.32 Å². The molecule has 0 fully saturated rings. The first kappa shape index (κ1) is 6.01. The van der Waals surface area contributed by atoms with Crippen molar-refractivity contribution in [3.8, 4) is 0 Å². The van der Waals surface area contributed by atoms with Crippen LogP contribution in [0.1, 0.15) is 23.5 Å². The summed E-state index contributed by atoms with van der Waals surface area (Å²) in [6.07, 6.45) is -0.598. The standard InChI is InChI=1S/C7H14NO2/c1-5-8-6(9)10-7(2,3)4/h1,5H2,2-4H3,(H,8,9)/i1D2. The molecule has 0 saturated heterocycles. The molecule has 3 heteroatoms. The van der Waals surface area contributed by atoms with Gasteiger partial charge in [0.1, 0.15) is 5.60 Å². The molecule has 0 aromatic carbocycles. The molecule has 0 atom stereocenters. The van der Waals surface area contributed by atoms with Gasteiger partial charge in [0.15, 0.2) is 0 Å². The number of hydrogen-bond donors (Lipinski definition) is 1. The van der Waals surface area contributed by atoms with Crippen LogP contribution in [0.4, 0.5) is 4.79 Å². The summed E-state index contributed by atoms with van der Waals surface area (Å²) in [5, 5.41) is 2.27. The summed E-state index contributed by atoms with van der Waals surface area (Å²) in [7, 11) is 0. The maximum absolute atomic E-state index is 10.8. The van der Waals surface area contributed by atoms with Crippen molar-refractivity contribution in [2.24, 2.45) is 0 Å². The van der Waals surface area contributed by atoms with Crippen LogP contribution in [0.3, 0.4) is 0 Å². The van der Waals surface area contributed by atoms with Gasteiger partial charge in [-0.2, -0.15) is 0 Å². The van der Waals surface area contributed by atoms with E-state index in [-0.39, 0.29) is 13.4 Å². The van der Waals surface area contributed by atoms with E-state index >= 15 is 0 Å². The summed E-state index contributed by atoms with van der Waals surface area (Å²) in [4.78, 5) is 10.8. The topological polar surface area (TPSA) is 38.3 Å². The van der Waals surface area contributed by atoms with Gasteiger partial charge in [0.25, 0.3) is 0 Å². The largest absolute Gasteiger partial charge is 0.444 e. The first-order valence-corrected chi connectivity index (χ1v) is 3.07. The summed E-state index contributed by atoms with van der Waals surface area (Å²) in [6, 6.07) is 0. The summed E-state index contributed by atoms with van der Waals surface area (Å²) in [5.74, 6) is 0. The second-order valence-corrected chi connectivity index (χ2v) is 2.86. The smallest absolute Gasteiger partial charge is 0.407 e. The SMILES string of the molecule is [2H][C]([2H])CNC(=O)OC(C)(C)C. The molecule has 0 aromatic rings. The first-order valence-electron chi connectivity index (χ1n) is 4.07. The minimum Gasteiger partial charge on any atom is -0.444 e. The fraction of sp³-hybridized carbons (Fsp3) is 0.714. The van der Waals surface area contributed by atoms with Crippen molar-refractivity contribution >= 4 is 6.09 Å². The quantitative estimate of drug-likeness (QED) is 0.638. The van der Waals surface area contributed by atoms with Gasteiger partial charge < -0.3 is 10.1 Å². The third-order valence-electron chi connectivity index (χ3n) is 0.632. The van der Waals surface area contributed by atoms with Gasteiger partial charge in [-0.25, -0.2) is 4.79 Å². The fourth-order valence-electron chi connectivity index (χ4n) is 0.386. The molecule has 0 rings (SSSR count). The summed E-state index contributed by atoms with van der Waals surface area (Å²) in [5.41, 5.74) is -0.533. The lowest BCUT2D eigenvalue weighted by Crippen LogP contribution is -2.32. The van der Waals surface area contributed by atoms with Crippen LogP contribution in [0.25, 0.3) is 0 Å². The Morgan fingerprint density at radius 2 is 2.40 bits per heavy atom. The predicted molar refractivity (Wildman–Crippen MR) is 39.6 cm³/mol. The highest BCUT2D eigenvalue weighted by molar-refractivity contribution is 5.67. The molecule has 0 unspecified atom stereocenters. The summed E-state index contributed by atoms with van der Waals surface area (Å²) >= 11 is 0. The van der Waals surface area contributed by atoms with Crippen LogP contribution in [-0.2, 0) is 4.74 Å². The van der Waals surface area contributed by atoms with Crippen LogP contribution in [0.2, 0.25) is 0 Å². The van der Waals surface area contributed by atoms with Crippen LogP contribution < -0.4 is 5.32 Å². The minimum absolute atomic E-state index is 0.0884. The van der Waals surface area contributed by atoms with Crippen LogP contribution >= 0.6 is 0 Å². The molecule has 59 valence electrons. The van der Waals surface area contributed by atoms with Gasteiger partial charge in [-0.05, 0) is 27.6 Å². The molecule has 0 bridgehead atoms. The Labute approximate surface area is 64.6 Å². The van der Waals surface area contributed by atoms with Gasteiger partial charge in [-0.1, -0.05) is 0 Å². The van der Waals surface area contributed by atoms with Crippen LogP contribution in [0, 0.1) is 6.88 Å². The molecule has 0 aromatic heterocycles. The second-order valence-electron chi connectivity index (χ2n) is 2.86. The Bertz CT molecular complexity index is 154. The summed E-state index contributed by atoms with van der Waals surface area (Å²) in [6.45, 7) is 4.81. The normalized spacial score (nSPS) is 14.0. The molecule has 3 nitrogen and oxygen atoms in total. The molecule has 0 aliphatic heterocycles. The zero-order valence-corrected chi connectivity index (χ0v) is 6.52. The fourth-order valence-corrected chi connectivity index (χ4v) is 0.386. The van der Waals surface area contributed by atoms with Crippen molar-refractivity contribution in [3.63, 3.8) is 0 Å². The van der Waals surface area contributed by atoms with Crippen LogP contribution in [-0.4, -0.2) is 18.2 Å². The number of ether oxygens (including phenoxy) is 1. The van der Waals surface area contributed by atoms with Crippen LogP contribution in [0.5, 0.6) is 0 Å². The highest BCUT2D eigenvalue weighted by Crippen LogP contribution is 2.05. The van der Waals surface area contributed by atoms with E-state index in [1.165, 1.54) is 0 Å². The van der Waals surface area contributed by atoms with E-state index in [1.807, 2.05) is 0 Å². The zero-order chi connectivity index (χ0) is 9.78. The van der Waals surface area contributed by atoms with Crippen molar-refractivity contribution in [2.75, 3.05) is 6.54 Å². The van der Waals surface area contributed by atoms with Crippen molar-refractivity contribution in [3.05, 3.63) is 6.88 Å². The second kappa shape index (κ2) is 3.44. The first-order chi connectivity index (χ1) is 5.31. The number of alkyl carbamates (subject to hydrolysis) is 1. The molecular formula is C7H14NO2.